The fourth-order valence-electron chi connectivity index (χ4n) is 1.23. The SMILES string of the molecule is CCOC(C)(C)CNC(=O)c1cccs1. The molecule has 0 bridgehead atoms. The fourth-order valence-corrected chi connectivity index (χ4v) is 1.87. The van der Waals surface area contributed by atoms with E-state index in [0.29, 0.717) is 13.2 Å². The number of nitrogens with one attached hydrogen (secondary N) is 1. The van der Waals surface area contributed by atoms with Crippen molar-refractivity contribution in [3.63, 3.8) is 0 Å². The summed E-state index contributed by atoms with van der Waals surface area (Å²) in [7, 11) is 0. The Morgan fingerprint density at radius 2 is 2.33 bits per heavy atom. The molecular weight excluding hydrogens is 210 g/mol. The number of hydrogen-bond donors (Lipinski definition) is 1. The highest BCUT2D eigenvalue weighted by Gasteiger charge is 2.19. The van der Waals surface area contributed by atoms with E-state index in [1.807, 2.05) is 38.3 Å². The second kappa shape index (κ2) is 5.28. The van der Waals surface area contributed by atoms with E-state index >= 15 is 0 Å². The zero-order chi connectivity index (χ0) is 11.3. The van der Waals surface area contributed by atoms with Crippen LogP contribution in [0.4, 0.5) is 0 Å². The van der Waals surface area contributed by atoms with Crippen molar-refractivity contribution >= 4 is 17.2 Å². The molecule has 0 aliphatic rings. The van der Waals surface area contributed by atoms with Gasteiger partial charge >= 0.3 is 0 Å². The first-order valence-corrected chi connectivity index (χ1v) is 5.89. The Labute approximate surface area is 94.5 Å². The van der Waals surface area contributed by atoms with Crippen LogP contribution in [-0.2, 0) is 4.74 Å². The zero-order valence-corrected chi connectivity index (χ0v) is 10.2. The van der Waals surface area contributed by atoms with Crippen molar-refractivity contribution in [1.29, 1.82) is 0 Å². The first-order valence-electron chi connectivity index (χ1n) is 5.01. The zero-order valence-electron chi connectivity index (χ0n) is 9.37. The third kappa shape index (κ3) is 4.01. The molecule has 0 aliphatic heterocycles. The molecule has 0 radical (unpaired) electrons. The van der Waals surface area contributed by atoms with Crippen LogP contribution in [0.15, 0.2) is 17.5 Å². The molecule has 1 aromatic rings. The second-order valence-electron chi connectivity index (χ2n) is 3.85. The van der Waals surface area contributed by atoms with E-state index in [-0.39, 0.29) is 11.5 Å². The molecular formula is C11H17NO2S. The Balaban J connectivity index is 2.40. The number of carbonyl (C=O) groups is 1. The monoisotopic (exact) mass is 227 g/mol. The van der Waals surface area contributed by atoms with Crippen LogP contribution in [0.2, 0.25) is 0 Å². The average Bonchev–Trinajstić information content (AvgIpc) is 2.67. The van der Waals surface area contributed by atoms with E-state index in [4.69, 9.17) is 4.74 Å². The molecule has 1 heterocycles. The lowest BCUT2D eigenvalue weighted by Crippen LogP contribution is -2.40. The van der Waals surface area contributed by atoms with E-state index in [9.17, 15) is 4.79 Å². The van der Waals surface area contributed by atoms with E-state index in [2.05, 4.69) is 5.32 Å². The highest BCUT2D eigenvalue weighted by Crippen LogP contribution is 2.10. The minimum Gasteiger partial charge on any atom is -0.374 e. The largest absolute Gasteiger partial charge is 0.374 e. The van der Waals surface area contributed by atoms with Crippen molar-refractivity contribution in [3.05, 3.63) is 22.4 Å². The summed E-state index contributed by atoms with van der Waals surface area (Å²) in [6.45, 7) is 7.05. The van der Waals surface area contributed by atoms with E-state index in [0.717, 1.165) is 4.88 Å². The predicted molar refractivity (Wildman–Crippen MR) is 62.4 cm³/mol. The number of rotatable bonds is 5. The Kier molecular flexibility index (Phi) is 4.29. The van der Waals surface area contributed by atoms with Crippen molar-refractivity contribution in [3.8, 4) is 0 Å². The van der Waals surface area contributed by atoms with Gasteiger partial charge in [-0.05, 0) is 32.2 Å². The molecule has 0 atom stereocenters. The lowest BCUT2D eigenvalue weighted by Gasteiger charge is -2.24. The van der Waals surface area contributed by atoms with E-state index in [1.165, 1.54) is 11.3 Å². The quantitative estimate of drug-likeness (QED) is 0.838. The van der Waals surface area contributed by atoms with E-state index in [1.54, 1.807) is 0 Å². The number of amides is 1. The summed E-state index contributed by atoms with van der Waals surface area (Å²) in [6.07, 6.45) is 0. The van der Waals surface area contributed by atoms with Crippen LogP contribution in [0.1, 0.15) is 30.4 Å². The molecule has 1 amide bonds. The van der Waals surface area contributed by atoms with Gasteiger partial charge in [-0.15, -0.1) is 11.3 Å². The highest BCUT2D eigenvalue weighted by atomic mass is 32.1. The Bertz CT molecular complexity index is 306. The smallest absolute Gasteiger partial charge is 0.261 e. The Morgan fingerprint density at radius 1 is 1.60 bits per heavy atom. The van der Waals surface area contributed by atoms with Crippen LogP contribution >= 0.6 is 11.3 Å². The van der Waals surface area contributed by atoms with Crippen LogP contribution in [0.3, 0.4) is 0 Å². The highest BCUT2D eigenvalue weighted by molar-refractivity contribution is 7.12. The van der Waals surface area contributed by atoms with Crippen LogP contribution in [0, 0.1) is 0 Å². The maximum atomic E-state index is 11.6. The third-order valence-electron chi connectivity index (χ3n) is 1.95. The van der Waals surface area contributed by atoms with Gasteiger partial charge in [0.1, 0.15) is 0 Å². The van der Waals surface area contributed by atoms with Gasteiger partial charge < -0.3 is 10.1 Å². The van der Waals surface area contributed by atoms with Crippen molar-refractivity contribution in [1.82, 2.24) is 5.32 Å². The molecule has 0 aliphatic carbocycles. The molecule has 15 heavy (non-hydrogen) atoms. The molecule has 0 spiro atoms. The van der Waals surface area contributed by atoms with Crippen LogP contribution in [-0.4, -0.2) is 24.7 Å². The predicted octanol–water partition coefficient (Wildman–Crippen LogP) is 2.29. The molecule has 4 heteroatoms. The molecule has 0 unspecified atom stereocenters. The topological polar surface area (TPSA) is 38.3 Å². The molecule has 3 nitrogen and oxygen atoms in total. The van der Waals surface area contributed by atoms with Crippen molar-refractivity contribution < 1.29 is 9.53 Å². The minimum absolute atomic E-state index is 0.0298. The van der Waals surface area contributed by atoms with E-state index < -0.39 is 0 Å². The lowest BCUT2D eigenvalue weighted by molar-refractivity contribution is -0.00812. The van der Waals surface area contributed by atoms with Gasteiger partial charge in [0.05, 0.1) is 10.5 Å². The maximum absolute atomic E-state index is 11.6. The number of carbonyl (C=O) groups excluding carboxylic acids is 1. The van der Waals surface area contributed by atoms with Gasteiger partial charge in [0.2, 0.25) is 0 Å². The molecule has 0 fully saturated rings. The molecule has 1 rings (SSSR count). The van der Waals surface area contributed by atoms with Crippen LogP contribution in [0.25, 0.3) is 0 Å². The Morgan fingerprint density at radius 3 is 2.87 bits per heavy atom. The van der Waals surface area contributed by atoms with Gasteiger partial charge in [0.15, 0.2) is 0 Å². The summed E-state index contributed by atoms with van der Waals surface area (Å²) in [5.74, 6) is -0.0298. The van der Waals surface area contributed by atoms with Gasteiger partial charge in [-0.3, -0.25) is 4.79 Å². The first-order chi connectivity index (χ1) is 7.05. The van der Waals surface area contributed by atoms with Gasteiger partial charge in [-0.1, -0.05) is 6.07 Å². The second-order valence-corrected chi connectivity index (χ2v) is 4.80. The number of thiophene rings is 1. The molecule has 0 saturated carbocycles. The van der Waals surface area contributed by atoms with Gasteiger partial charge in [-0.2, -0.15) is 0 Å². The molecule has 0 saturated heterocycles. The fraction of sp³-hybridized carbons (Fsp3) is 0.545. The number of hydrogen-bond acceptors (Lipinski definition) is 3. The Hall–Kier alpha value is -0.870. The van der Waals surface area contributed by atoms with Crippen molar-refractivity contribution in [2.75, 3.05) is 13.2 Å². The summed E-state index contributed by atoms with van der Waals surface area (Å²) in [5, 5.41) is 4.75. The maximum Gasteiger partial charge on any atom is 0.261 e. The molecule has 0 aromatic carbocycles. The first kappa shape index (κ1) is 12.2. The number of ether oxygens (including phenoxy) is 1. The van der Waals surface area contributed by atoms with Crippen LogP contribution in [0.5, 0.6) is 0 Å². The summed E-state index contributed by atoms with van der Waals surface area (Å²) in [4.78, 5) is 12.3. The van der Waals surface area contributed by atoms with Crippen molar-refractivity contribution in [2.24, 2.45) is 0 Å². The summed E-state index contributed by atoms with van der Waals surface area (Å²) in [6, 6.07) is 3.68. The summed E-state index contributed by atoms with van der Waals surface area (Å²) >= 11 is 1.44. The van der Waals surface area contributed by atoms with Crippen molar-refractivity contribution in [2.45, 2.75) is 26.4 Å². The summed E-state index contributed by atoms with van der Waals surface area (Å²) < 4.78 is 5.49. The third-order valence-corrected chi connectivity index (χ3v) is 2.82. The standard InChI is InChI=1S/C11H17NO2S/c1-4-14-11(2,3)8-12-10(13)9-6-5-7-15-9/h5-7H,4,8H2,1-3H3,(H,12,13). The lowest BCUT2D eigenvalue weighted by atomic mass is 10.1. The molecule has 1 N–H and O–H groups in total. The summed E-state index contributed by atoms with van der Waals surface area (Å²) in [5.41, 5.74) is -0.304. The average molecular weight is 227 g/mol. The normalized spacial score (nSPS) is 11.4. The van der Waals surface area contributed by atoms with Gasteiger partial charge in [0.25, 0.3) is 5.91 Å². The van der Waals surface area contributed by atoms with Crippen LogP contribution < -0.4 is 5.32 Å². The molecule has 1 aromatic heterocycles. The van der Waals surface area contributed by atoms with Gasteiger partial charge in [-0.25, -0.2) is 0 Å². The minimum atomic E-state index is -0.304. The van der Waals surface area contributed by atoms with Gasteiger partial charge in [0, 0.05) is 13.2 Å². The molecule has 84 valence electrons.